The van der Waals surface area contributed by atoms with Gasteiger partial charge in [-0.15, -0.1) is 0 Å². The molecule has 5 nitrogen and oxygen atoms in total. The van der Waals surface area contributed by atoms with E-state index in [0.29, 0.717) is 12.2 Å². The molecule has 0 fully saturated rings. The lowest BCUT2D eigenvalue weighted by molar-refractivity contribution is 0.0946. The van der Waals surface area contributed by atoms with Crippen LogP contribution in [0.5, 0.6) is 0 Å². The Labute approximate surface area is 147 Å². The van der Waals surface area contributed by atoms with Crippen LogP contribution in [0, 0.1) is 13.8 Å². The quantitative estimate of drug-likeness (QED) is 0.746. The van der Waals surface area contributed by atoms with Gasteiger partial charge in [-0.3, -0.25) is 9.78 Å². The maximum Gasteiger partial charge on any atom is 0.270 e. The van der Waals surface area contributed by atoms with Gasteiger partial charge in [-0.05, 0) is 54.8 Å². The molecule has 2 N–H and O–H groups in total. The lowest BCUT2D eigenvalue weighted by Gasteiger charge is -2.11. The Morgan fingerprint density at radius 1 is 1.08 bits per heavy atom. The van der Waals surface area contributed by atoms with Crippen molar-refractivity contribution in [2.75, 3.05) is 5.32 Å². The maximum atomic E-state index is 12.2. The van der Waals surface area contributed by atoms with Gasteiger partial charge in [-0.25, -0.2) is 4.98 Å². The molecule has 5 heteroatoms. The van der Waals surface area contributed by atoms with Crippen molar-refractivity contribution in [1.82, 2.24) is 15.3 Å². The second-order valence-corrected chi connectivity index (χ2v) is 5.92. The van der Waals surface area contributed by atoms with Crippen molar-refractivity contribution >= 4 is 17.3 Å². The van der Waals surface area contributed by atoms with Crippen molar-refractivity contribution in [3.63, 3.8) is 0 Å². The predicted octanol–water partition coefficient (Wildman–Crippen LogP) is 3.77. The van der Waals surface area contributed by atoms with Crippen LogP contribution in [-0.2, 0) is 6.54 Å². The number of aryl methyl sites for hydroxylation is 2. The molecule has 126 valence electrons. The first-order chi connectivity index (χ1) is 12.1. The molecule has 0 aliphatic heterocycles. The maximum absolute atomic E-state index is 12.2. The highest BCUT2D eigenvalue weighted by Gasteiger charge is 2.07. The summed E-state index contributed by atoms with van der Waals surface area (Å²) in [7, 11) is 0. The van der Waals surface area contributed by atoms with E-state index in [0.717, 1.165) is 22.5 Å². The van der Waals surface area contributed by atoms with Crippen molar-refractivity contribution in [2.24, 2.45) is 0 Å². The van der Waals surface area contributed by atoms with Gasteiger partial charge < -0.3 is 10.6 Å². The van der Waals surface area contributed by atoms with Crippen LogP contribution >= 0.6 is 0 Å². The van der Waals surface area contributed by atoms with E-state index in [1.54, 1.807) is 24.7 Å². The van der Waals surface area contributed by atoms with E-state index < -0.39 is 0 Å². The van der Waals surface area contributed by atoms with E-state index in [-0.39, 0.29) is 5.91 Å². The normalized spacial score (nSPS) is 10.3. The Morgan fingerprint density at radius 3 is 2.68 bits per heavy atom. The van der Waals surface area contributed by atoms with Crippen LogP contribution in [0.4, 0.5) is 11.4 Å². The molecule has 0 bridgehead atoms. The summed E-state index contributed by atoms with van der Waals surface area (Å²) in [6, 6.07) is 13.6. The molecule has 1 amide bonds. The number of rotatable bonds is 5. The van der Waals surface area contributed by atoms with Crippen molar-refractivity contribution in [2.45, 2.75) is 20.4 Å². The second kappa shape index (κ2) is 7.57. The van der Waals surface area contributed by atoms with Gasteiger partial charge in [-0.2, -0.15) is 0 Å². The Balaban J connectivity index is 1.63. The summed E-state index contributed by atoms with van der Waals surface area (Å²) < 4.78 is 0. The number of benzene rings is 1. The lowest BCUT2D eigenvalue weighted by Crippen LogP contribution is -2.23. The molecule has 0 aliphatic rings. The third-order valence-corrected chi connectivity index (χ3v) is 3.84. The molecule has 2 aromatic heterocycles. The number of nitrogens with one attached hydrogen (secondary N) is 2. The van der Waals surface area contributed by atoms with Gasteiger partial charge in [0.1, 0.15) is 5.69 Å². The topological polar surface area (TPSA) is 66.9 Å². The summed E-state index contributed by atoms with van der Waals surface area (Å²) in [5, 5.41) is 6.17. The zero-order chi connectivity index (χ0) is 17.6. The third kappa shape index (κ3) is 4.41. The van der Waals surface area contributed by atoms with Crippen LogP contribution in [-0.4, -0.2) is 15.9 Å². The average Bonchev–Trinajstić information content (AvgIpc) is 2.64. The number of nitrogens with zero attached hydrogens (tertiary/aromatic N) is 2. The van der Waals surface area contributed by atoms with Crippen molar-refractivity contribution in [1.29, 1.82) is 0 Å². The molecular weight excluding hydrogens is 312 g/mol. The van der Waals surface area contributed by atoms with E-state index in [1.165, 1.54) is 5.56 Å². The van der Waals surface area contributed by atoms with Crippen LogP contribution in [0.25, 0.3) is 0 Å². The third-order valence-electron chi connectivity index (χ3n) is 3.84. The number of aromatic nitrogens is 2. The fourth-order valence-electron chi connectivity index (χ4n) is 2.40. The fraction of sp³-hybridized carbons (Fsp3) is 0.150. The van der Waals surface area contributed by atoms with Crippen LogP contribution in [0.3, 0.4) is 0 Å². The Kier molecular flexibility index (Phi) is 5.04. The van der Waals surface area contributed by atoms with E-state index in [2.05, 4.69) is 52.6 Å². The van der Waals surface area contributed by atoms with E-state index in [4.69, 9.17) is 0 Å². The molecular formula is C20H20N4O. The van der Waals surface area contributed by atoms with Gasteiger partial charge in [0.15, 0.2) is 0 Å². The molecule has 0 aliphatic carbocycles. The highest BCUT2D eigenvalue weighted by atomic mass is 16.1. The Bertz CT molecular complexity index is 861. The van der Waals surface area contributed by atoms with Crippen LogP contribution in [0.1, 0.15) is 27.2 Å². The van der Waals surface area contributed by atoms with E-state index in [1.807, 2.05) is 18.2 Å². The highest BCUT2D eigenvalue weighted by Crippen LogP contribution is 2.21. The standard InChI is InChI=1S/C20H20N4O/c1-14-5-6-15(2)19(10-14)24-17-7-8-18(22-13-17)20(25)23-12-16-4-3-9-21-11-16/h3-11,13,24H,12H2,1-2H3,(H,23,25). The molecule has 3 aromatic rings. The van der Waals surface area contributed by atoms with E-state index >= 15 is 0 Å². The predicted molar refractivity (Wildman–Crippen MR) is 98.8 cm³/mol. The first kappa shape index (κ1) is 16.6. The molecule has 0 saturated carbocycles. The molecule has 0 spiro atoms. The molecule has 1 aromatic carbocycles. The smallest absolute Gasteiger partial charge is 0.270 e. The molecule has 3 rings (SSSR count). The zero-order valence-corrected chi connectivity index (χ0v) is 14.3. The van der Waals surface area contributed by atoms with Gasteiger partial charge in [0, 0.05) is 24.6 Å². The van der Waals surface area contributed by atoms with Crippen molar-refractivity contribution < 1.29 is 4.79 Å². The minimum atomic E-state index is -0.206. The number of hydrogen-bond donors (Lipinski definition) is 2. The molecule has 25 heavy (non-hydrogen) atoms. The minimum Gasteiger partial charge on any atom is -0.354 e. The van der Waals surface area contributed by atoms with Crippen molar-refractivity contribution in [3.8, 4) is 0 Å². The Hall–Kier alpha value is -3.21. The second-order valence-electron chi connectivity index (χ2n) is 5.92. The van der Waals surface area contributed by atoms with Crippen molar-refractivity contribution in [3.05, 3.63) is 83.4 Å². The first-order valence-corrected chi connectivity index (χ1v) is 8.09. The largest absolute Gasteiger partial charge is 0.354 e. The van der Waals surface area contributed by atoms with Gasteiger partial charge >= 0.3 is 0 Å². The number of amides is 1. The fourth-order valence-corrected chi connectivity index (χ4v) is 2.40. The summed E-state index contributed by atoms with van der Waals surface area (Å²) in [6.45, 7) is 4.53. The van der Waals surface area contributed by atoms with Gasteiger partial charge in [0.2, 0.25) is 0 Å². The number of pyridine rings is 2. The van der Waals surface area contributed by atoms with E-state index in [9.17, 15) is 4.79 Å². The molecule has 0 unspecified atom stereocenters. The average molecular weight is 332 g/mol. The monoisotopic (exact) mass is 332 g/mol. The number of carbonyl (C=O) groups excluding carboxylic acids is 1. The SMILES string of the molecule is Cc1ccc(C)c(Nc2ccc(C(=O)NCc3cccnc3)nc2)c1. The number of hydrogen-bond acceptors (Lipinski definition) is 4. The minimum absolute atomic E-state index is 0.206. The summed E-state index contributed by atoms with van der Waals surface area (Å²) in [5.74, 6) is -0.206. The molecule has 2 heterocycles. The Morgan fingerprint density at radius 2 is 1.96 bits per heavy atom. The summed E-state index contributed by atoms with van der Waals surface area (Å²) >= 11 is 0. The summed E-state index contributed by atoms with van der Waals surface area (Å²) in [4.78, 5) is 20.4. The lowest BCUT2D eigenvalue weighted by atomic mass is 10.1. The first-order valence-electron chi connectivity index (χ1n) is 8.09. The highest BCUT2D eigenvalue weighted by molar-refractivity contribution is 5.92. The molecule has 0 atom stereocenters. The summed E-state index contributed by atoms with van der Waals surface area (Å²) in [6.07, 6.45) is 5.10. The number of anilines is 2. The van der Waals surface area contributed by atoms with Gasteiger partial charge in [-0.1, -0.05) is 18.2 Å². The molecule has 0 saturated heterocycles. The van der Waals surface area contributed by atoms with Crippen LogP contribution in [0.15, 0.2) is 61.1 Å². The molecule has 0 radical (unpaired) electrons. The van der Waals surface area contributed by atoms with Gasteiger partial charge in [0.25, 0.3) is 5.91 Å². The number of carbonyl (C=O) groups is 1. The van der Waals surface area contributed by atoms with Crippen LogP contribution < -0.4 is 10.6 Å². The summed E-state index contributed by atoms with van der Waals surface area (Å²) in [5.41, 5.74) is 5.56. The van der Waals surface area contributed by atoms with Gasteiger partial charge in [0.05, 0.1) is 11.9 Å². The zero-order valence-electron chi connectivity index (χ0n) is 14.3. The van der Waals surface area contributed by atoms with Crippen LogP contribution in [0.2, 0.25) is 0 Å².